The SMILES string of the molecule is CC(C)(C)c1ccc(-c2cc(NCC(O)c3ccccc3)ncn2)cc1. The van der Waals surface area contributed by atoms with Crippen LogP contribution in [0.3, 0.4) is 0 Å². The Balaban J connectivity index is 1.70. The van der Waals surface area contributed by atoms with Gasteiger partial charge in [0.1, 0.15) is 12.1 Å². The van der Waals surface area contributed by atoms with Crippen molar-refractivity contribution < 1.29 is 5.11 Å². The summed E-state index contributed by atoms with van der Waals surface area (Å²) in [5.41, 5.74) is 4.21. The average Bonchev–Trinajstić information content (AvgIpc) is 2.66. The van der Waals surface area contributed by atoms with Gasteiger partial charge in [-0.2, -0.15) is 0 Å². The van der Waals surface area contributed by atoms with E-state index in [1.807, 2.05) is 36.4 Å². The molecule has 2 aromatic carbocycles. The summed E-state index contributed by atoms with van der Waals surface area (Å²) in [6.07, 6.45) is 0.963. The number of nitrogens with zero attached hydrogens (tertiary/aromatic N) is 2. The van der Waals surface area contributed by atoms with Crippen molar-refractivity contribution in [3.8, 4) is 11.3 Å². The summed E-state index contributed by atoms with van der Waals surface area (Å²) < 4.78 is 0. The van der Waals surface area contributed by atoms with Crippen LogP contribution in [0.25, 0.3) is 11.3 Å². The number of nitrogens with one attached hydrogen (secondary N) is 1. The lowest BCUT2D eigenvalue weighted by Crippen LogP contribution is -2.13. The van der Waals surface area contributed by atoms with Crippen molar-refractivity contribution in [2.45, 2.75) is 32.3 Å². The molecular formula is C22H25N3O. The number of hydrogen-bond donors (Lipinski definition) is 2. The lowest BCUT2D eigenvalue weighted by Gasteiger charge is -2.19. The topological polar surface area (TPSA) is 58.0 Å². The Bertz CT molecular complexity index is 839. The number of rotatable bonds is 5. The second-order valence-electron chi connectivity index (χ2n) is 7.42. The number of aromatic nitrogens is 2. The van der Waals surface area contributed by atoms with E-state index in [1.54, 1.807) is 6.33 Å². The van der Waals surface area contributed by atoms with Crippen LogP contribution in [-0.2, 0) is 5.41 Å². The second-order valence-corrected chi connectivity index (χ2v) is 7.42. The van der Waals surface area contributed by atoms with Gasteiger partial charge in [0.15, 0.2) is 0 Å². The summed E-state index contributed by atoms with van der Waals surface area (Å²) in [7, 11) is 0. The van der Waals surface area contributed by atoms with Crippen molar-refractivity contribution in [3.05, 3.63) is 78.1 Å². The average molecular weight is 347 g/mol. The van der Waals surface area contributed by atoms with Crippen molar-refractivity contribution in [1.29, 1.82) is 0 Å². The Morgan fingerprint density at radius 3 is 2.31 bits per heavy atom. The third kappa shape index (κ3) is 4.46. The summed E-state index contributed by atoms with van der Waals surface area (Å²) in [6.45, 7) is 7.00. The molecule has 0 amide bonds. The minimum atomic E-state index is -0.583. The summed E-state index contributed by atoms with van der Waals surface area (Å²) in [5, 5.41) is 13.5. The number of anilines is 1. The molecule has 134 valence electrons. The first-order valence-electron chi connectivity index (χ1n) is 8.83. The number of aliphatic hydroxyl groups excluding tert-OH is 1. The summed E-state index contributed by atoms with van der Waals surface area (Å²) in [6, 6.07) is 20.0. The van der Waals surface area contributed by atoms with Crippen LogP contribution in [0.1, 0.15) is 38.0 Å². The Hall–Kier alpha value is -2.72. The molecule has 1 heterocycles. The molecule has 0 bridgehead atoms. The van der Waals surface area contributed by atoms with Gasteiger partial charge in [-0.25, -0.2) is 9.97 Å². The lowest BCUT2D eigenvalue weighted by atomic mass is 9.86. The Morgan fingerprint density at radius 2 is 1.65 bits per heavy atom. The second kappa shape index (κ2) is 7.67. The molecule has 2 N–H and O–H groups in total. The summed E-state index contributed by atoms with van der Waals surface area (Å²) in [5.74, 6) is 0.699. The molecule has 4 nitrogen and oxygen atoms in total. The fourth-order valence-electron chi connectivity index (χ4n) is 2.75. The number of aliphatic hydroxyl groups is 1. The zero-order valence-electron chi connectivity index (χ0n) is 15.5. The normalized spacial score (nSPS) is 12.6. The maximum Gasteiger partial charge on any atom is 0.130 e. The van der Waals surface area contributed by atoms with E-state index < -0.39 is 6.10 Å². The van der Waals surface area contributed by atoms with Crippen LogP contribution in [0.4, 0.5) is 5.82 Å². The smallest absolute Gasteiger partial charge is 0.130 e. The van der Waals surface area contributed by atoms with Crippen LogP contribution in [0, 0.1) is 0 Å². The first kappa shape index (κ1) is 18.1. The molecule has 3 aromatic rings. The molecule has 0 aliphatic carbocycles. The van der Waals surface area contributed by atoms with Gasteiger partial charge in [0, 0.05) is 18.2 Å². The molecule has 1 unspecified atom stereocenters. The van der Waals surface area contributed by atoms with E-state index in [-0.39, 0.29) is 5.41 Å². The van der Waals surface area contributed by atoms with Crippen molar-refractivity contribution in [3.63, 3.8) is 0 Å². The quantitative estimate of drug-likeness (QED) is 0.709. The van der Waals surface area contributed by atoms with E-state index in [4.69, 9.17) is 0 Å². The molecule has 0 aliphatic rings. The highest BCUT2D eigenvalue weighted by atomic mass is 16.3. The highest BCUT2D eigenvalue weighted by Crippen LogP contribution is 2.26. The minimum Gasteiger partial charge on any atom is -0.387 e. The van der Waals surface area contributed by atoms with Crippen molar-refractivity contribution in [1.82, 2.24) is 9.97 Å². The van der Waals surface area contributed by atoms with Crippen molar-refractivity contribution in [2.75, 3.05) is 11.9 Å². The van der Waals surface area contributed by atoms with Crippen LogP contribution in [0.2, 0.25) is 0 Å². The largest absolute Gasteiger partial charge is 0.387 e. The first-order chi connectivity index (χ1) is 12.4. The molecule has 0 fully saturated rings. The molecule has 0 radical (unpaired) electrons. The highest BCUT2D eigenvalue weighted by molar-refractivity contribution is 5.62. The highest BCUT2D eigenvalue weighted by Gasteiger charge is 2.13. The zero-order chi connectivity index (χ0) is 18.6. The predicted octanol–water partition coefficient (Wildman–Crippen LogP) is 4.59. The van der Waals surface area contributed by atoms with E-state index in [2.05, 4.69) is 60.3 Å². The Labute approximate surface area is 155 Å². The van der Waals surface area contributed by atoms with Gasteiger partial charge < -0.3 is 10.4 Å². The molecule has 1 atom stereocenters. The van der Waals surface area contributed by atoms with Crippen molar-refractivity contribution >= 4 is 5.82 Å². The van der Waals surface area contributed by atoms with Crippen LogP contribution in [0.5, 0.6) is 0 Å². The van der Waals surface area contributed by atoms with Gasteiger partial charge in [-0.15, -0.1) is 0 Å². The Morgan fingerprint density at radius 1 is 0.962 bits per heavy atom. The molecular weight excluding hydrogens is 322 g/mol. The molecule has 1 aromatic heterocycles. The fourth-order valence-corrected chi connectivity index (χ4v) is 2.75. The minimum absolute atomic E-state index is 0.129. The van der Waals surface area contributed by atoms with Gasteiger partial charge in [0.25, 0.3) is 0 Å². The molecule has 26 heavy (non-hydrogen) atoms. The number of hydrogen-bond acceptors (Lipinski definition) is 4. The van der Waals surface area contributed by atoms with Gasteiger partial charge >= 0.3 is 0 Å². The molecule has 0 aliphatic heterocycles. The van der Waals surface area contributed by atoms with Crippen LogP contribution in [0.15, 0.2) is 67.0 Å². The maximum atomic E-state index is 10.3. The van der Waals surface area contributed by atoms with Gasteiger partial charge in [0.2, 0.25) is 0 Å². The monoisotopic (exact) mass is 347 g/mol. The molecule has 3 rings (SSSR count). The van der Waals surface area contributed by atoms with Gasteiger partial charge in [-0.05, 0) is 16.5 Å². The number of benzene rings is 2. The zero-order valence-corrected chi connectivity index (χ0v) is 15.5. The van der Waals surface area contributed by atoms with E-state index in [0.717, 1.165) is 16.8 Å². The van der Waals surface area contributed by atoms with E-state index in [9.17, 15) is 5.11 Å². The van der Waals surface area contributed by atoms with E-state index >= 15 is 0 Å². The molecule has 0 spiro atoms. The lowest BCUT2D eigenvalue weighted by molar-refractivity contribution is 0.191. The maximum absolute atomic E-state index is 10.3. The van der Waals surface area contributed by atoms with E-state index in [1.165, 1.54) is 5.56 Å². The molecule has 0 saturated carbocycles. The van der Waals surface area contributed by atoms with Crippen LogP contribution in [-0.4, -0.2) is 21.6 Å². The predicted molar refractivity (Wildman–Crippen MR) is 106 cm³/mol. The van der Waals surface area contributed by atoms with Crippen molar-refractivity contribution in [2.24, 2.45) is 0 Å². The molecule has 4 heteroatoms. The van der Waals surface area contributed by atoms with Crippen LogP contribution < -0.4 is 5.32 Å². The van der Waals surface area contributed by atoms with Crippen LogP contribution >= 0.6 is 0 Å². The standard InChI is InChI=1S/C22H25N3O/c1-22(2,3)18-11-9-16(10-12-18)19-13-21(25-15-24-19)23-14-20(26)17-7-5-4-6-8-17/h4-13,15,20,26H,14H2,1-3H3,(H,23,24,25). The first-order valence-corrected chi connectivity index (χ1v) is 8.83. The fraction of sp³-hybridized carbons (Fsp3) is 0.273. The summed E-state index contributed by atoms with van der Waals surface area (Å²) >= 11 is 0. The van der Waals surface area contributed by atoms with Gasteiger partial charge in [-0.3, -0.25) is 0 Å². The third-order valence-electron chi connectivity index (χ3n) is 4.37. The van der Waals surface area contributed by atoms with Gasteiger partial charge in [0.05, 0.1) is 11.8 Å². The van der Waals surface area contributed by atoms with Gasteiger partial charge in [-0.1, -0.05) is 75.4 Å². The van der Waals surface area contributed by atoms with E-state index in [0.29, 0.717) is 12.4 Å². The Kier molecular flexibility index (Phi) is 5.33. The third-order valence-corrected chi connectivity index (χ3v) is 4.37. The summed E-state index contributed by atoms with van der Waals surface area (Å²) in [4.78, 5) is 8.63. The molecule has 0 saturated heterocycles.